The van der Waals surface area contributed by atoms with Gasteiger partial charge in [0, 0.05) is 38.1 Å². The first-order valence-corrected chi connectivity index (χ1v) is 6.43. The molecule has 102 valence electrons. The highest BCUT2D eigenvalue weighted by Crippen LogP contribution is 2.23. The molecule has 0 bridgehead atoms. The minimum Gasteiger partial charge on any atom is -0.338 e. The molecule has 7 heteroatoms. The standard InChI is InChI=1S/C12H18N6O/c1-9-14-12(19-16-9)11-8-18(6-5-17(11)2)7-10-3-4-13-15-10/h3-4,11H,5-8H2,1-2H3,(H,13,15). The highest BCUT2D eigenvalue weighted by molar-refractivity contribution is 5.00. The zero-order valence-electron chi connectivity index (χ0n) is 11.2. The van der Waals surface area contributed by atoms with Crippen LogP contribution in [-0.2, 0) is 6.54 Å². The summed E-state index contributed by atoms with van der Waals surface area (Å²) >= 11 is 0. The molecule has 0 saturated carbocycles. The molecule has 0 amide bonds. The van der Waals surface area contributed by atoms with Crippen molar-refractivity contribution in [3.05, 3.63) is 29.7 Å². The van der Waals surface area contributed by atoms with Crippen molar-refractivity contribution in [1.82, 2.24) is 30.1 Å². The molecule has 3 rings (SSSR count). The van der Waals surface area contributed by atoms with E-state index in [0.717, 1.165) is 31.9 Å². The van der Waals surface area contributed by atoms with Crippen LogP contribution in [0.15, 0.2) is 16.8 Å². The summed E-state index contributed by atoms with van der Waals surface area (Å²) in [6, 6.07) is 2.17. The van der Waals surface area contributed by atoms with E-state index in [0.29, 0.717) is 11.7 Å². The Labute approximate surface area is 111 Å². The minimum atomic E-state index is 0.165. The Morgan fingerprint density at radius 1 is 1.47 bits per heavy atom. The van der Waals surface area contributed by atoms with Crippen molar-refractivity contribution in [1.29, 1.82) is 0 Å². The van der Waals surface area contributed by atoms with Crippen molar-refractivity contribution in [3.8, 4) is 0 Å². The van der Waals surface area contributed by atoms with Crippen LogP contribution in [0, 0.1) is 6.92 Å². The molecule has 1 aliphatic heterocycles. The fourth-order valence-electron chi connectivity index (χ4n) is 2.40. The van der Waals surface area contributed by atoms with Gasteiger partial charge in [0.05, 0.1) is 0 Å². The Morgan fingerprint density at radius 3 is 3.05 bits per heavy atom. The number of rotatable bonds is 3. The first-order chi connectivity index (χ1) is 9.22. The van der Waals surface area contributed by atoms with Crippen LogP contribution in [0.4, 0.5) is 0 Å². The van der Waals surface area contributed by atoms with Gasteiger partial charge in [-0.1, -0.05) is 5.16 Å². The number of nitrogens with one attached hydrogen (secondary N) is 1. The number of piperazine rings is 1. The molecule has 0 spiro atoms. The van der Waals surface area contributed by atoms with Crippen LogP contribution in [-0.4, -0.2) is 56.8 Å². The van der Waals surface area contributed by atoms with Gasteiger partial charge in [-0.3, -0.25) is 14.9 Å². The molecule has 1 unspecified atom stereocenters. The predicted octanol–water partition coefficient (Wildman–Crippen LogP) is 0.590. The lowest BCUT2D eigenvalue weighted by atomic mass is 10.1. The normalized spacial score (nSPS) is 21.9. The lowest BCUT2D eigenvalue weighted by Crippen LogP contribution is -2.46. The van der Waals surface area contributed by atoms with Gasteiger partial charge in [-0.15, -0.1) is 0 Å². The van der Waals surface area contributed by atoms with Crippen molar-refractivity contribution < 1.29 is 4.52 Å². The highest BCUT2D eigenvalue weighted by atomic mass is 16.5. The van der Waals surface area contributed by atoms with E-state index in [1.807, 2.05) is 13.0 Å². The van der Waals surface area contributed by atoms with Crippen molar-refractivity contribution >= 4 is 0 Å². The maximum absolute atomic E-state index is 5.31. The maximum atomic E-state index is 5.31. The monoisotopic (exact) mass is 262 g/mol. The van der Waals surface area contributed by atoms with Gasteiger partial charge in [-0.2, -0.15) is 10.1 Å². The zero-order chi connectivity index (χ0) is 13.2. The third-order valence-electron chi connectivity index (χ3n) is 3.51. The Morgan fingerprint density at radius 2 is 2.37 bits per heavy atom. The molecule has 0 radical (unpaired) electrons. The highest BCUT2D eigenvalue weighted by Gasteiger charge is 2.29. The molecule has 1 saturated heterocycles. The van der Waals surface area contributed by atoms with E-state index in [2.05, 4.69) is 37.2 Å². The quantitative estimate of drug-likeness (QED) is 0.872. The molecule has 7 nitrogen and oxygen atoms in total. The Bertz CT molecular complexity index is 522. The van der Waals surface area contributed by atoms with E-state index in [1.54, 1.807) is 6.20 Å². The third-order valence-corrected chi connectivity index (χ3v) is 3.51. The van der Waals surface area contributed by atoms with Crippen LogP contribution in [0.25, 0.3) is 0 Å². The Balaban J connectivity index is 1.70. The van der Waals surface area contributed by atoms with E-state index in [9.17, 15) is 0 Å². The molecule has 2 aromatic heterocycles. The molecule has 1 fully saturated rings. The Hall–Kier alpha value is -1.73. The van der Waals surface area contributed by atoms with Crippen LogP contribution in [0.5, 0.6) is 0 Å². The first-order valence-electron chi connectivity index (χ1n) is 6.43. The number of hydrogen-bond acceptors (Lipinski definition) is 6. The summed E-state index contributed by atoms with van der Waals surface area (Å²) in [5.74, 6) is 1.39. The van der Waals surface area contributed by atoms with Gasteiger partial charge in [-0.05, 0) is 20.0 Å². The number of nitrogens with zero attached hydrogens (tertiary/aromatic N) is 5. The van der Waals surface area contributed by atoms with Gasteiger partial charge in [-0.25, -0.2) is 0 Å². The molecule has 2 aromatic rings. The SMILES string of the molecule is Cc1noc(C2CN(Cc3ccn[nH]3)CCN2C)n1. The van der Waals surface area contributed by atoms with E-state index >= 15 is 0 Å². The molecule has 1 aliphatic rings. The van der Waals surface area contributed by atoms with E-state index < -0.39 is 0 Å². The van der Waals surface area contributed by atoms with Crippen LogP contribution in [0.3, 0.4) is 0 Å². The molecule has 0 aromatic carbocycles. The average molecular weight is 262 g/mol. The smallest absolute Gasteiger partial charge is 0.245 e. The summed E-state index contributed by atoms with van der Waals surface area (Å²) in [5.41, 5.74) is 1.13. The number of aromatic nitrogens is 4. The largest absolute Gasteiger partial charge is 0.338 e. The number of aromatic amines is 1. The van der Waals surface area contributed by atoms with Crippen molar-refractivity contribution in [3.63, 3.8) is 0 Å². The number of likely N-dealkylation sites (N-methyl/N-ethyl adjacent to an activating group) is 1. The summed E-state index contributed by atoms with van der Waals surface area (Å²) in [5, 5.41) is 10.9. The predicted molar refractivity (Wildman–Crippen MR) is 68.3 cm³/mol. The molecular formula is C12H18N6O. The number of hydrogen-bond donors (Lipinski definition) is 1. The molecule has 19 heavy (non-hydrogen) atoms. The summed E-state index contributed by atoms with van der Waals surface area (Å²) in [6.45, 7) is 5.62. The van der Waals surface area contributed by atoms with Gasteiger partial charge in [0.1, 0.15) is 6.04 Å². The lowest BCUT2D eigenvalue weighted by molar-refractivity contribution is 0.0707. The molecular weight excluding hydrogens is 244 g/mol. The van der Waals surface area contributed by atoms with E-state index in [1.165, 1.54) is 0 Å². The summed E-state index contributed by atoms with van der Waals surface area (Å²) in [4.78, 5) is 8.98. The Kier molecular flexibility index (Phi) is 3.31. The van der Waals surface area contributed by atoms with Gasteiger partial charge in [0.15, 0.2) is 5.82 Å². The molecule has 1 atom stereocenters. The van der Waals surface area contributed by atoms with Crippen LogP contribution < -0.4 is 0 Å². The van der Waals surface area contributed by atoms with Crippen molar-refractivity contribution in [2.24, 2.45) is 0 Å². The summed E-state index contributed by atoms with van der Waals surface area (Å²) in [6.07, 6.45) is 1.78. The van der Waals surface area contributed by atoms with Crippen molar-refractivity contribution in [2.75, 3.05) is 26.7 Å². The molecule has 1 N–H and O–H groups in total. The van der Waals surface area contributed by atoms with Crippen molar-refractivity contribution in [2.45, 2.75) is 19.5 Å². The fraction of sp³-hybridized carbons (Fsp3) is 0.583. The lowest BCUT2D eigenvalue weighted by Gasteiger charge is -2.37. The second kappa shape index (κ2) is 5.10. The molecule has 0 aliphatic carbocycles. The van der Waals surface area contributed by atoms with Crippen LogP contribution in [0.1, 0.15) is 23.5 Å². The molecule has 3 heterocycles. The van der Waals surface area contributed by atoms with Crippen LogP contribution in [0.2, 0.25) is 0 Å². The van der Waals surface area contributed by atoms with Gasteiger partial charge >= 0.3 is 0 Å². The van der Waals surface area contributed by atoms with Crippen LogP contribution >= 0.6 is 0 Å². The number of H-pyrrole nitrogens is 1. The third kappa shape index (κ3) is 2.66. The summed E-state index contributed by atoms with van der Waals surface area (Å²) < 4.78 is 5.31. The van der Waals surface area contributed by atoms with E-state index in [-0.39, 0.29) is 6.04 Å². The van der Waals surface area contributed by atoms with Gasteiger partial charge in [0.25, 0.3) is 0 Å². The zero-order valence-corrected chi connectivity index (χ0v) is 11.2. The van der Waals surface area contributed by atoms with Gasteiger partial charge < -0.3 is 4.52 Å². The average Bonchev–Trinajstić information content (AvgIpc) is 3.03. The van der Waals surface area contributed by atoms with Gasteiger partial charge in [0.2, 0.25) is 5.89 Å². The summed E-state index contributed by atoms with van der Waals surface area (Å²) in [7, 11) is 2.09. The van der Waals surface area contributed by atoms with E-state index in [4.69, 9.17) is 4.52 Å². The first kappa shape index (κ1) is 12.3. The second-order valence-electron chi connectivity index (χ2n) is 4.99. The topological polar surface area (TPSA) is 74.1 Å². The maximum Gasteiger partial charge on any atom is 0.245 e. The number of aryl methyl sites for hydroxylation is 1. The minimum absolute atomic E-state index is 0.165. The second-order valence-corrected chi connectivity index (χ2v) is 4.99. The fourth-order valence-corrected chi connectivity index (χ4v) is 2.40.